The van der Waals surface area contributed by atoms with Crippen molar-refractivity contribution in [1.82, 2.24) is 14.8 Å². The topological polar surface area (TPSA) is 55.9 Å². The SMILES string of the molecule is CCCc1nnc(NCc2ccn(C)c2)o1. The van der Waals surface area contributed by atoms with Gasteiger partial charge in [0.15, 0.2) is 0 Å². The van der Waals surface area contributed by atoms with Crippen LogP contribution in [0.2, 0.25) is 0 Å². The molecule has 0 spiro atoms. The molecule has 0 unspecified atom stereocenters. The van der Waals surface area contributed by atoms with Gasteiger partial charge in [-0.2, -0.15) is 0 Å². The van der Waals surface area contributed by atoms with Crippen LogP contribution >= 0.6 is 0 Å². The van der Waals surface area contributed by atoms with Crippen molar-refractivity contribution >= 4 is 6.01 Å². The van der Waals surface area contributed by atoms with Crippen LogP contribution in [-0.4, -0.2) is 14.8 Å². The fourth-order valence-electron chi connectivity index (χ4n) is 1.48. The van der Waals surface area contributed by atoms with Crippen LogP contribution < -0.4 is 5.32 Å². The number of nitrogens with one attached hydrogen (secondary N) is 1. The highest BCUT2D eigenvalue weighted by atomic mass is 16.4. The lowest BCUT2D eigenvalue weighted by molar-refractivity contribution is 0.501. The summed E-state index contributed by atoms with van der Waals surface area (Å²) in [7, 11) is 2.00. The van der Waals surface area contributed by atoms with Crippen molar-refractivity contribution < 1.29 is 4.42 Å². The van der Waals surface area contributed by atoms with Crippen LogP contribution in [0.15, 0.2) is 22.9 Å². The summed E-state index contributed by atoms with van der Waals surface area (Å²) in [5, 5.41) is 11.0. The van der Waals surface area contributed by atoms with Crippen LogP contribution in [0.25, 0.3) is 0 Å². The molecule has 2 aromatic heterocycles. The molecule has 0 radical (unpaired) electrons. The van der Waals surface area contributed by atoms with E-state index >= 15 is 0 Å². The number of hydrogen-bond acceptors (Lipinski definition) is 4. The van der Waals surface area contributed by atoms with Gasteiger partial charge in [0.1, 0.15) is 0 Å². The van der Waals surface area contributed by atoms with Crippen LogP contribution in [-0.2, 0) is 20.0 Å². The Labute approximate surface area is 94.5 Å². The van der Waals surface area contributed by atoms with Gasteiger partial charge in [0.25, 0.3) is 0 Å². The lowest BCUT2D eigenvalue weighted by Gasteiger charge is -1.97. The van der Waals surface area contributed by atoms with Crippen LogP contribution in [0.1, 0.15) is 24.8 Å². The first-order valence-corrected chi connectivity index (χ1v) is 5.45. The first-order valence-electron chi connectivity index (χ1n) is 5.45. The third kappa shape index (κ3) is 2.62. The van der Waals surface area contributed by atoms with Crippen molar-refractivity contribution in [3.8, 4) is 0 Å². The molecule has 1 N–H and O–H groups in total. The minimum absolute atomic E-state index is 0.493. The number of rotatable bonds is 5. The lowest BCUT2D eigenvalue weighted by atomic mass is 10.3. The van der Waals surface area contributed by atoms with Crippen LogP contribution in [0.3, 0.4) is 0 Å². The second-order valence-corrected chi connectivity index (χ2v) is 3.79. The molecule has 16 heavy (non-hydrogen) atoms. The Bertz CT molecular complexity index is 446. The third-order valence-corrected chi connectivity index (χ3v) is 2.27. The largest absolute Gasteiger partial charge is 0.408 e. The molecule has 86 valence electrons. The molecule has 0 bridgehead atoms. The van der Waals surface area contributed by atoms with Crippen molar-refractivity contribution in [2.75, 3.05) is 5.32 Å². The van der Waals surface area contributed by atoms with Gasteiger partial charge < -0.3 is 14.3 Å². The molecule has 0 aliphatic rings. The van der Waals surface area contributed by atoms with Gasteiger partial charge in [-0.15, -0.1) is 5.10 Å². The van der Waals surface area contributed by atoms with Gasteiger partial charge in [0.05, 0.1) is 0 Å². The highest BCUT2D eigenvalue weighted by Crippen LogP contribution is 2.09. The fraction of sp³-hybridized carbons (Fsp3) is 0.455. The molecule has 0 saturated heterocycles. The van der Waals surface area contributed by atoms with Crippen LogP contribution in [0, 0.1) is 0 Å². The molecule has 0 aliphatic heterocycles. The van der Waals surface area contributed by atoms with Crippen LogP contribution in [0.4, 0.5) is 6.01 Å². The molecule has 0 aromatic carbocycles. The molecule has 0 saturated carbocycles. The summed E-state index contributed by atoms with van der Waals surface area (Å²) in [5.41, 5.74) is 1.19. The van der Waals surface area contributed by atoms with E-state index < -0.39 is 0 Å². The molecule has 2 rings (SSSR count). The summed E-state index contributed by atoms with van der Waals surface area (Å²) in [6.45, 7) is 2.79. The molecule has 0 atom stereocenters. The molecule has 2 heterocycles. The van der Waals surface area contributed by atoms with Crippen molar-refractivity contribution in [2.24, 2.45) is 7.05 Å². The maximum Gasteiger partial charge on any atom is 0.315 e. The Balaban J connectivity index is 1.89. The molecular weight excluding hydrogens is 204 g/mol. The first-order chi connectivity index (χ1) is 7.78. The van der Waals surface area contributed by atoms with Gasteiger partial charge in [-0.05, 0) is 18.1 Å². The van der Waals surface area contributed by atoms with Gasteiger partial charge in [-0.1, -0.05) is 12.0 Å². The van der Waals surface area contributed by atoms with Gasteiger partial charge in [0.2, 0.25) is 5.89 Å². The average molecular weight is 220 g/mol. The van der Waals surface area contributed by atoms with E-state index in [1.165, 1.54) is 5.56 Å². The Hall–Kier alpha value is -1.78. The number of nitrogens with zero attached hydrogens (tertiary/aromatic N) is 3. The summed E-state index contributed by atoms with van der Waals surface area (Å²) >= 11 is 0. The minimum atomic E-state index is 0.493. The first kappa shape index (κ1) is 10.7. The highest BCUT2D eigenvalue weighted by Gasteiger charge is 2.04. The monoisotopic (exact) mass is 220 g/mol. The summed E-state index contributed by atoms with van der Waals surface area (Å²) in [6.07, 6.45) is 5.91. The Morgan fingerprint density at radius 3 is 3.00 bits per heavy atom. The predicted octanol–water partition coefficient (Wildman–Crippen LogP) is 1.97. The predicted molar refractivity (Wildman–Crippen MR) is 61.0 cm³/mol. The second kappa shape index (κ2) is 4.83. The van der Waals surface area contributed by atoms with Gasteiger partial charge in [-0.3, -0.25) is 0 Å². The molecular formula is C11H16N4O. The van der Waals surface area contributed by atoms with E-state index in [0.29, 0.717) is 18.5 Å². The molecule has 0 aliphatic carbocycles. The molecule has 0 fully saturated rings. The van der Waals surface area contributed by atoms with Crippen molar-refractivity contribution in [3.63, 3.8) is 0 Å². The Morgan fingerprint density at radius 1 is 1.44 bits per heavy atom. The maximum atomic E-state index is 5.41. The smallest absolute Gasteiger partial charge is 0.315 e. The second-order valence-electron chi connectivity index (χ2n) is 3.79. The summed E-state index contributed by atoms with van der Waals surface area (Å²) in [5.74, 6) is 0.693. The summed E-state index contributed by atoms with van der Waals surface area (Å²) in [6, 6.07) is 2.54. The zero-order chi connectivity index (χ0) is 11.4. The fourth-order valence-corrected chi connectivity index (χ4v) is 1.48. The van der Waals surface area contributed by atoms with E-state index in [-0.39, 0.29) is 0 Å². The quantitative estimate of drug-likeness (QED) is 0.837. The van der Waals surface area contributed by atoms with E-state index in [1.807, 2.05) is 17.8 Å². The van der Waals surface area contributed by atoms with E-state index in [0.717, 1.165) is 12.8 Å². The maximum absolute atomic E-state index is 5.41. The third-order valence-electron chi connectivity index (χ3n) is 2.27. The van der Waals surface area contributed by atoms with Crippen LogP contribution in [0.5, 0.6) is 0 Å². The standard InChI is InChI=1S/C11H16N4O/c1-3-4-10-13-14-11(16-10)12-7-9-5-6-15(2)8-9/h5-6,8H,3-4,7H2,1-2H3,(H,12,14). The molecule has 5 nitrogen and oxygen atoms in total. The molecule has 2 aromatic rings. The summed E-state index contributed by atoms with van der Waals surface area (Å²) in [4.78, 5) is 0. The van der Waals surface area contributed by atoms with E-state index in [1.54, 1.807) is 0 Å². The zero-order valence-corrected chi connectivity index (χ0v) is 9.60. The zero-order valence-electron chi connectivity index (χ0n) is 9.60. The van der Waals surface area contributed by atoms with Gasteiger partial charge >= 0.3 is 6.01 Å². The number of aryl methyl sites for hydroxylation is 2. The van der Waals surface area contributed by atoms with E-state index in [9.17, 15) is 0 Å². The summed E-state index contributed by atoms with van der Waals surface area (Å²) < 4.78 is 7.42. The average Bonchev–Trinajstić information content (AvgIpc) is 2.85. The van der Waals surface area contributed by atoms with E-state index in [4.69, 9.17) is 4.42 Å². The number of aromatic nitrogens is 3. The lowest BCUT2D eigenvalue weighted by Crippen LogP contribution is -1.98. The molecule has 5 heteroatoms. The molecule has 0 amide bonds. The Morgan fingerprint density at radius 2 is 2.31 bits per heavy atom. The van der Waals surface area contributed by atoms with Gasteiger partial charge in [-0.25, -0.2) is 0 Å². The highest BCUT2D eigenvalue weighted by molar-refractivity contribution is 5.22. The van der Waals surface area contributed by atoms with Crippen molar-refractivity contribution in [2.45, 2.75) is 26.3 Å². The van der Waals surface area contributed by atoms with Gasteiger partial charge in [0, 0.05) is 32.4 Å². The normalized spacial score (nSPS) is 10.6. The number of hydrogen-bond donors (Lipinski definition) is 1. The minimum Gasteiger partial charge on any atom is -0.408 e. The van der Waals surface area contributed by atoms with Crippen molar-refractivity contribution in [3.05, 3.63) is 29.9 Å². The Kier molecular flexibility index (Phi) is 3.24. The number of anilines is 1. The van der Waals surface area contributed by atoms with Crippen molar-refractivity contribution in [1.29, 1.82) is 0 Å². The van der Waals surface area contributed by atoms with E-state index in [2.05, 4.69) is 34.7 Å².